The van der Waals surface area contributed by atoms with Crippen molar-refractivity contribution in [2.45, 2.75) is 20.3 Å². The highest BCUT2D eigenvalue weighted by atomic mass is 32.1. The first-order chi connectivity index (χ1) is 6.08. The SMILES string of the molecule is CC(=O)C(C)(C#N)Cc1cscn1. The van der Waals surface area contributed by atoms with Crippen LogP contribution in [0.25, 0.3) is 0 Å². The first-order valence-electron chi connectivity index (χ1n) is 3.88. The van der Waals surface area contributed by atoms with E-state index in [-0.39, 0.29) is 5.78 Å². The number of nitriles is 1. The highest BCUT2D eigenvalue weighted by Crippen LogP contribution is 2.22. The first kappa shape index (κ1) is 9.87. The smallest absolute Gasteiger partial charge is 0.150 e. The number of ketones is 1. The van der Waals surface area contributed by atoms with E-state index in [0.29, 0.717) is 6.42 Å². The maximum Gasteiger partial charge on any atom is 0.150 e. The van der Waals surface area contributed by atoms with E-state index in [0.717, 1.165) is 5.69 Å². The van der Waals surface area contributed by atoms with Crippen molar-refractivity contribution in [2.24, 2.45) is 5.41 Å². The molecule has 1 rings (SSSR count). The van der Waals surface area contributed by atoms with Gasteiger partial charge in [0.25, 0.3) is 0 Å². The number of hydrogen-bond donors (Lipinski definition) is 0. The van der Waals surface area contributed by atoms with Crippen molar-refractivity contribution >= 4 is 17.1 Å². The Morgan fingerprint density at radius 3 is 2.92 bits per heavy atom. The van der Waals surface area contributed by atoms with E-state index in [1.165, 1.54) is 18.3 Å². The molecule has 0 aromatic carbocycles. The van der Waals surface area contributed by atoms with Crippen molar-refractivity contribution in [2.75, 3.05) is 0 Å². The van der Waals surface area contributed by atoms with Crippen molar-refractivity contribution < 1.29 is 4.79 Å². The molecule has 0 aliphatic heterocycles. The molecular formula is C9H10N2OS. The highest BCUT2D eigenvalue weighted by molar-refractivity contribution is 7.07. The van der Waals surface area contributed by atoms with Crippen LogP contribution < -0.4 is 0 Å². The summed E-state index contributed by atoms with van der Waals surface area (Å²) < 4.78 is 0. The monoisotopic (exact) mass is 194 g/mol. The molecule has 0 saturated carbocycles. The molecule has 13 heavy (non-hydrogen) atoms. The number of thiazole rings is 1. The second kappa shape index (κ2) is 3.67. The van der Waals surface area contributed by atoms with Crippen LogP contribution in [0.15, 0.2) is 10.9 Å². The fourth-order valence-electron chi connectivity index (χ4n) is 0.930. The topological polar surface area (TPSA) is 53.8 Å². The van der Waals surface area contributed by atoms with Gasteiger partial charge in [-0.1, -0.05) is 0 Å². The fourth-order valence-corrected chi connectivity index (χ4v) is 1.49. The van der Waals surface area contributed by atoms with Crippen molar-refractivity contribution in [3.63, 3.8) is 0 Å². The predicted octanol–water partition coefficient (Wildman–Crippen LogP) is 1.80. The molecular weight excluding hydrogens is 184 g/mol. The molecule has 0 amide bonds. The number of hydrogen-bond acceptors (Lipinski definition) is 4. The fraction of sp³-hybridized carbons (Fsp3) is 0.444. The van der Waals surface area contributed by atoms with Gasteiger partial charge in [-0.05, 0) is 13.8 Å². The standard InChI is InChI=1S/C9H10N2OS/c1-7(12)9(2,5-10)3-8-4-13-6-11-8/h4,6H,3H2,1-2H3. The van der Waals surface area contributed by atoms with Crippen molar-refractivity contribution in [3.8, 4) is 6.07 Å². The summed E-state index contributed by atoms with van der Waals surface area (Å²) in [5.74, 6) is -0.108. The van der Waals surface area contributed by atoms with Crippen LogP contribution in [0.4, 0.5) is 0 Å². The maximum atomic E-state index is 11.2. The summed E-state index contributed by atoms with van der Waals surface area (Å²) in [4.78, 5) is 15.2. The number of aromatic nitrogens is 1. The summed E-state index contributed by atoms with van der Waals surface area (Å²) in [6.45, 7) is 3.09. The molecule has 1 atom stereocenters. The summed E-state index contributed by atoms with van der Waals surface area (Å²) in [5.41, 5.74) is 1.59. The van der Waals surface area contributed by atoms with E-state index in [9.17, 15) is 4.79 Å². The highest BCUT2D eigenvalue weighted by Gasteiger charge is 2.30. The van der Waals surface area contributed by atoms with Gasteiger partial charge in [0.2, 0.25) is 0 Å². The molecule has 68 valence electrons. The van der Waals surface area contributed by atoms with E-state index in [4.69, 9.17) is 5.26 Å². The molecule has 1 unspecified atom stereocenters. The maximum absolute atomic E-state index is 11.2. The minimum absolute atomic E-state index is 0.108. The van der Waals surface area contributed by atoms with Gasteiger partial charge in [0.05, 0.1) is 17.3 Å². The van der Waals surface area contributed by atoms with E-state index in [1.54, 1.807) is 12.4 Å². The van der Waals surface area contributed by atoms with Crippen molar-refractivity contribution in [1.29, 1.82) is 5.26 Å². The molecule has 0 aliphatic rings. The third kappa shape index (κ3) is 2.13. The lowest BCUT2D eigenvalue weighted by atomic mass is 9.84. The van der Waals surface area contributed by atoms with Gasteiger partial charge in [0.1, 0.15) is 11.2 Å². The van der Waals surface area contributed by atoms with E-state index in [1.807, 2.05) is 11.4 Å². The molecule has 0 aliphatic carbocycles. The summed E-state index contributed by atoms with van der Waals surface area (Å²) in [7, 11) is 0. The minimum atomic E-state index is -0.923. The first-order valence-corrected chi connectivity index (χ1v) is 4.82. The van der Waals surface area contributed by atoms with E-state index in [2.05, 4.69) is 4.98 Å². The Hall–Kier alpha value is -1.21. The molecule has 0 radical (unpaired) electrons. The lowest BCUT2D eigenvalue weighted by Crippen LogP contribution is -2.26. The van der Waals surface area contributed by atoms with Gasteiger partial charge in [-0.25, -0.2) is 4.98 Å². The number of carbonyl (C=O) groups excluding carboxylic acids is 1. The van der Waals surface area contributed by atoms with Gasteiger partial charge < -0.3 is 0 Å². The van der Waals surface area contributed by atoms with Crippen LogP contribution in [-0.4, -0.2) is 10.8 Å². The quantitative estimate of drug-likeness (QED) is 0.737. The zero-order valence-corrected chi connectivity index (χ0v) is 8.39. The summed E-state index contributed by atoms with van der Waals surface area (Å²) in [5, 5.41) is 10.7. The van der Waals surface area contributed by atoms with Crippen LogP contribution in [0.1, 0.15) is 19.5 Å². The van der Waals surface area contributed by atoms with Gasteiger partial charge >= 0.3 is 0 Å². The van der Waals surface area contributed by atoms with Crippen molar-refractivity contribution in [3.05, 3.63) is 16.6 Å². The number of carbonyl (C=O) groups is 1. The predicted molar refractivity (Wildman–Crippen MR) is 50.2 cm³/mol. The largest absolute Gasteiger partial charge is 0.298 e. The third-order valence-electron chi connectivity index (χ3n) is 2.04. The van der Waals surface area contributed by atoms with Gasteiger partial charge in [-0.2, -0.15) is 5.26 Å². The van der Waals surface area contributed by atoms with Gasteiger partial charge in [0, 0.05) is 11.8 Å². The second-order valence-electron chi connectivity index (χ2n) is 3.16. The van der Waals surface area contributed by atoms with Crippen LogP contribution in [0.2, 0.25) is 0 Å². The van der Waals surface area contributed by atoms with E-state index < -0.39 is 5.41 Å². The number of rotatable bonds is 3. The number of Topliss-reactive ketones (excluding diaryl/α,β-unsaturated/α-hetero) is 1. The Bertz CT molecular complexity index is 339. The van der Waals surface area contributed by atoms with Gasteiger partial charge in [-0.3, -0.25) is 4.79 Å². The Morgan fingerprint density at radius 2 is 2.54 bits per heavy atom. The molecule has 0 bridgehead atoms. The lowest BCUT2D eigenvalue weighted by molar-refractivity contribution is -0.123. The third-order valence-corrected chi connectivity index (χ3v) is 2.68. The Labute approximate surface area is 81.0 Å². The normalized spacial score (nSPS) is 14.5. The Kier molecular flexibility index (Phi) is 2.79. The molecule has 1 aromatic rings. The molecule has 1 aromatic heterocycles. The lowest BCUT2D eigenvalue weighted by Gasteiger charge is -2.15. The summed E-state index contributed by atoms with van der Waals surface area (Å²) in [6.07, 6.45) is 0.405. The molecule has 0 saturated heterocycles. The Balaban J connectivity index is 2.83. The Morgan fingerprint density at radius 1 is 1.85 bits per heavy atom. The van der Waals surface area contributed by atoms with Crippen LogP contribution >= 0.6 is 11.3 Å². The van der Waals surface area contributed by atoms with Crippen LogP contribution in [0.3, 0.4) is 0 Å². The minimum Gasteiger partial charge on any atom is -0.298 e. The molecule has 3 nitrogen and oxygen atoms in total. The molecule has 4 heteroatoms. The van der Waals surface area contributed by atoms with E-state index >= 15 is 0 Å². The molecule has 0 N–H and O–H groups in total. The van der Waals surface area contributed by atoms with Gasteiger partial charge in [0.15, 0.2) is 0 Å². The van der Waals surface area contributed by atoms with Gasteiger partial charge in [-0.15, -0.1) is 11.3 Å². The molecule has 0 fully saturated rings. The average molecular weight is 194 g/mol. The van der Waals surface area contributed by atoms with Crippen LogP contribution in [0, 0.1) is 16.7 Å². The van der Waals surface area contributed by atoms with Crippen molar-refractivity contribution in [1.82, 2.24) is 4.98 Å². The summed E-state index contributed by atoms with van der Waals surface area (Å²) >= 11 is 1.47. The zero-order chi connectivity index (χ0) is 9.90. The van der Waals surface area contributed by atoms with Crippen LogP contribution in [0.5, 0.6) is 0 Å². The average Bonchev–Trinajstić information content (AvgIpc) is 2.56. The zero-order valence-electron chi connectivity index (χ0n) is 7.57. The number of nitrogens with zero attached hydrogens (tertiary/aromatic N) is 2. The second-order valence-corrected chi connectivity index (χ2v) is 3.88. The molecule has 0 spiro atoms. The molecule has 1 heterocycles. The summed E-state index contributed by atoms with van der Waals surface area (Å²) in [6, 6.07) is 2.03. The van der Waals surface area contributed by atoms with Crippen LogP contribution in [-0.2, 0) is 11.2 Å².